The molecule has 0 bridgehead atoms. The van der Waals surface area contributed by atoms with Crippen molar-refractivity contribution < 1.29 is 16.8 Å². The standard InChI is InChI=1S/C6H13NO4S2/c1-12(8,9)6-3-4-7(5-6)13(2,10)11/h6H,3-5H2,1-2H3/t6-/m1/s1. The highest BCUT2D eigenvalue weighted by molar-refractivity contribution is 7.91. The van der Waals surface area contributed by atoms with Gasteiger partial charge in [-0.1, -0.05) is 0 Å². The second-order valence-electron chi connectivity index (χ2n) is 3.36. The molecule has 7 heteroatoms. The van der Waals surface area contributed by atoms with E-state index in [-0.39, 0.29) is 6.54 Å². The number of hydrogen-bond donors (Lipinski definition) is 0. The van der Waals surface area contributed by atoms with Crippen LogP contribution >= 0.6 is 0 Å². The summed E-state index contributed by atoms with van der Waals surface area (Å²) >= 11 is 0. The lowest BCUT2D eigenvalue weighted by molar-refractivity contribution is 0.482. The van der Waals surface area contributed by atoms with Crippen molar-refractivity contribution in [1.82, 2.24) is 4.31 Å². The first-order valence-corrected chi connectivity index (χ1v) is 7.65. The average molecular weight is 227 g/mol. The van der Waals surface area contributed by atoms with E-state index < -0.39 is 25.1 Å². The first kappa shape index (κ1) is 10.9. The van der Waals surface area contributed by atoms with Crippen LogP contribution in [0.15, 0.2) is 0 Å². The molecular formula is C6H13NO4S2. The van der Waals surface area contributed by atoms with E-state index in [1.165, 1.54) is 4.31 Å². The Morgan fingerprint density at radius 2 is 1.69 bits per heavy atom. The average Bonchev–Trinajstić information content (AvgIpc) is 2.28. The quantitative estimate of drug-likeness (QED) is 0.610. The van der Waals surface area contributed by atoms with Crippen molar-refractivity contribution in [3.63, 3.8) is 0 Å². The van der Waals surface area contributed by atoms with Gasteiger partial charge in [-0.05, 0) is 6.42 Å². The molecule has 1 fully saturated rings. The molecule has 0 N–H and O–H groups in total. The van der Waals surface area contributed by atoms with E-state index in [0.717, 1.165) is 12.5 Å². The Labute approximate surface area is 78.7 Å². The SMILES string of the molecule is CS(=O)(=O)[C@@H]1CCN(S(C)(=O)=O)C1. The third-order valence-electron chi connectivity index (χ3n) is 2.18. The van der Waals surface area contributed by atoms with E-state index in [0.29, 0.717) is 13.0 Å². The van der Waals surface area contributed by atoms with E-state index in [2.05, 4.69) is 0 Å². The van der Waals surface area contributed by atoms with Crippen LogP contribution in [-0.2, 0) is 19.9 Å². The maximum absolute atomic E-state index is 11.1. The maximum atomic E-state index is 11.1. The van der Waals surface area contributed by atoms with Crippen LogP contribution in [0.4, 0.5) is 0 Å². The smallest absolute Gasteiger partial charge is 0.211 e. The van der Waals surface area contributed by atoms with Crippen LogP contribution in [0.1, 0.15) is 6.42 Å². The molecule has 1 atom stereocenters. The summed E-state index contributed by atoms with van der Waals surface area (Å²) in [6.45, 7) is 0.425. The van der Waals surface area contributed by atoms with E-state index in [1.54, 1.807) is 0 Å². The zero-order valence-corrected chi connectivity index (χ0v) is 9.23. The monoisotopic (exact) mass is 227 g/mol. The predicted molar refractivity (Wildman–Crippen MR) is 49.7 cm³/mol. The normalized spacial score (nSPS) is 26.5. The molecule has 0 saturated carbocycles. The van der Waals surface area contributed by atoms with E-state index >= 15 is 0 Å². The molecule has 0 aromatic rings. The van der Waals surface area contributed by atoms with Crippen molar-refractivity contribution in [2.75, 3.05) is 25.6 Å². The van der Waals surface area contributed by atoms with Gasteiger partial charge in [0.15, 0.2) is 9.84 Å². The van der Waals surface area contributed by atoms with Gasteiger partial charge in [-0.2, -0.15) is 0 Å². The van der Waals surface area contributed by atoms with Gasteiger partial charge in [0.05, 0.1) is 11.5 Å². The van der Waals surface area contributed by atoms with E-state index in [1.807, 2.05) is 0 Å². The molecule has 1 aliphatic rings. The third kappa shape index (κ3) is 2.65. The molecule has 0 spiro atoms. The molecule has 0 amide bonds. The third-order valence-corrected chi connectivity index (χ3v) is 5.05. The van der Waals surface area contributed by atoms with Gasteiger partial charge in [0, 0.05) is 19.3 Å². The zero-order chi connectivity index (χ0) is 10.3. The lowest BCUT2D eigenvalue weighted by Crippen LogP contribution is -2.30. The van der Waals surface area contributed by atoms with Crippen LogP contribution in [-0.4, -0.2) is 52.0 Å². The summed E-state index contributed by atoms with van der Waals surface area (Å²) in [5, 5.41) is -0.526. The van der Waals surface area contributed by atoms with Gasteiger partial charge < -0.3 is 0 Å². The molecular weight excluding hydrogens is 214 g/mol. The van der Waals surface area contributed by atoms with E-state index in [4.69, 9.17) is 0 Å². The summed E-state index contributed by atoms with van der Waals surface area (Å²) in [5.74, 6) is 0. The fourth-order valence-corrected chi connectivity index (χ4v) is 3.31. The predicted octanol–water partition coefficient (Wildman–Crippen LogP) is -0.935. The highest BCUT2D eigenvalue weighted by Gasteiger charge is 2.34. The summed E-state index contributed by atoms with van der Waals surface area (Å²) in [4.78, 5) is 0. The first-order valence-electron chi connectivity index (χ1n) is 3.85. The summed E-state index contributed by atoms with van der Waals surface area (Å²) in [5.41, 5.74) is 0. The van der Waals surface area contributed by atoms with Gasteiger partial charge in [-0.25, -0.2) is 21.1 Å². The Morgan fingerprint density at radius 1 is 1.15 bits per heavy atom. The topological polar surface area (TPSA) is 71.5 Å². The molecule has 0 unspecified atom stereocenters. The first-order chi connectivity index (χ1) is 5.71. The second kappa shape index (κ2) is 3.21. The minimum absolute atomic E-state index is 0.109. The summed E-state index contributed by atoms with van der Waals surface area (Å²) in [6.07, 6.45) is 2.65. The Kier molecular flexibility index (Phi) is 2.70. The van der Waals surface area contributed by atoms with Gasteiger partial charge in [-0.3, -0.25) is 0 Å². The lowest BCUT2D eigenvalue weighted by atomic mass is 10.4. The van der Waals surface area contributed by atoms with Crippen LogP contribution in [0.25, 0.3) is 0 Å². The molecule has 0 aromatic carbocycles. The summed E-state index contributed by atoms with van der Waals surface area (Å²) < 4.78 is 45.5. The molecule has 5 nitrogen and oxygen atoms in total. The summed E-state index contributed by atoms with van der Waals surface area (Å²) in [7, 11) is -6.33. The second-order valence-corrected chi connectivity index (χ2v) is 7.67. The number of hydrogen-bond acceptors (Lipinski definition) is 4. The number of sulfone groups is 1. The molecule has 1 rings (SSSR count). The van der Waals surface area contributed by atoms with Crippen LogP contribution < -0.4 is 0 Å². The molecule has 78 valence electrons. The van der Waals surface area contributed by atoms with Crippen LogP contribution in [0.5, 0.6) is 0 Å². The van der Waals surface area contributed by atoms with Gasteiger partial charge in [0.1, 0.15) is 0 Å². The minimum atomic E-state index is -3.23. The Hall–Kier alpha value is -0.140. The van der Waals surface area contributed by atoms with Crippen LogP contribution in [0.2, 0.25) is 0 Å². The number of nitrogens with zero attached hydrogens (tertiary/aromatic N) is 1. The molecule has 13 heavy (non-hydrogen) atoms. The van der Waals surface area contributed by atoms with Crippen LogP contribution in [0.3, 0.4) is 0 Å². The molecule has 1 aliphatic heterocycles. The van der Waals surface area contributed by atoms with Crippen molar-refractivity contribution >= 4 is 19.9 Å². The van der Waals surface area contributed by atoms with Crippen LogP contribution in [0, 0.1) is 0 Å². The largest absolute Gasteiger partial charge is 0.229 e. The summed E-state index contributed by atoms with van der Waals surface area (Å²) in [6, 6.07) is 0. The fourth-order valence-electron chi connectivity index (χ4n) is 1.35. The highest BCUT2D eigenvalue weighted by Crippen LogP contribution is 2.18. The van der Waals surface area contributed by atoms with Crippen molar-refractivity contribution in [2.24, 2.45) is 0 Å². The highest BCUT2D eigenvalue weighted by atomic mass is 32.2. The molecule has 0 radical (unpaired) electrons. The van der Waals surface area contributed by atoms with Crippen molar-refractivity contribution in [2.45, 2.75) is 11.7 Å². The Morgan fingerprint density at radius 3 is 1.92 bits per heavy atom. The van der Waals surface area contributed by atoms with Gasteiger partial charge in [0.25, 0.3) is 0 Å². The lowest BCUT2D eigenvalue weighted by Gasteiger charge is -2.11. The maximum Gasteiger partial charge on any atom is 0.211 e. The number of rotatable bonds is 2. The van der Waals surface area contributed by atoms with Crippen molar-refractivity contribution in [1.29, 1.82) is 0 Å². The molecule has 1 saturated heterocycles. The Bertz CT molecular complexity index is 345. The Balaban J connectivity index is 2.77. The number of sulfonamides is 1. The zero-order valence-electron chi connectivity index (χ0n) is 7.60. The van der Waals surface area contributed by atoms with Gasteiger partial charge in [-0.15, -0.1) is 0 Å². The van der Waals surface area contributed by atoms with Gasteiger partial charge in [0.2, 0.25) is 10.0 Å². The van der Waals surface area contributed by atoms with Gasteiger partial charge >= 0.3 is 0 Å². The fraction of sp³-hybridized carbons (Fsp3) is 1.00. The molecule has 1 heterocycles. The van der Waals surface area contributed by atoms with Crippen molar-refractivity contribution in [3.8, 4) is 0 Å². The van der Waals surface area contributed by atoms with E-state index in [9.17, 15) is 16.8 Å². The molecule has 0 aliphatic carbocycles. The minimum Gasteiger partial charge on any atom is -0.229 e. The van der Waals surface area contributed by atoms with Crippen molar-refractivity contribution in [3.05, 3.63) is 0 Å². The molecule has 0 aromatic heterocycles.